The predicted octanol–water partition coefficient (Wildman–Crippen LogP) is 17.4. The van der Waals surface area contributed by atoms with Gasteiger partial charge < -0.3 is 0 Å². The van der Waals surface area contributed by atoms with E-state index in [1.54, 1.807) is 0 Å². The van der Waals surface area contributed by atoms with Gasteiger partial charge in [0.15, 0.2) is 0 Å². The van der Waals surface area contributed by atoms with E-state index in [-0.39, 0.29) is 0 Å². The molecule has 392 valence electrons. The van der Waals surface area contributed by atoms with E-state index >= 15 is 0 Å². The molecule has 0 spiro atoms. The summed E-state index contributed by atoms with van der Waals surface area (Å²) in [6.07, 6.45) is 35.8. The summed E-state index contributed by atoms with van der Waals surface area (Å²) in [5, 5.41) is 13.9. The normalized spacial score (nSPS) is 11.3. The summed E-state index contributed by atoms with van der Waals surface area (Å²) >= 11 is 0. The third kappa shape index (κ3) is 18.4. The lowest BCUT2D eigenvalue weighted by atomic mass is 9.93. The molecule has 0 fully saturated rings. The minimum absolute atomic E-state index is 0.971. The van der Waals surface area contributed by atoms with Crippen LogP contribution < -0.4 is 20.9 Å². The smallest absolute Gasteiger partial charge is 0.0255 e. The molecule has 13 rings (SSSR count). The molecular formula is C76H88. The Morgan fingerprint density at radius 3 is 0.605 bits per heavy atom. The summed E-state index contributed by atoms with van der Waals surface area (Å²) in [5.74, 6) is 0. The molecule has 0 aromatic heterocycles. The predicted molar refractivity (Wildman–Crippen MR) is 324 cm³/mol. The van der Waals surface area contributed by atoms with Crippen molar-refractivity contribution in [2.75, 3.05) is 0 Å². The summed E-state index contributed by atoms with van der Waals surface area (Å²) in [4.78, 5) is 0. The van der Waals surface area contributed by atoms with Gasteiger partial charge in [0.1, 0.15) is 0 Å². The van der Waals surface area contributed by atoms with Crippen LogP contribution in [0.4, 0.5) is 0 Å². The average molecular weight is 1000 g/mol. The minimum Gasteiger partial charge on any atom is -0.0654 e. The van der Waals surface area contributed by atoms with Gasteiger partial charge in [-0.15, -0.1) is 0 Å². The third-order valence-electron chi connectivity index (χ3n) is 15.6. The van der Waals surface area contributed by atoms with Crippen LogP contribution in [0, 0.1) is 41.7 Å². The SMILES string of the molecule is CCCCCCCCc1cc2c(cc1CCCCCCCC)=c1ccc(cc1)=C=C=C=C=c1ccc(cc1)=c1cc(CCCCCCCC)c(CCCCCCCC)cc1=c1ccc(cc1)=C=C=C=C=c1ccc=2cc1. The fourth-order valence-electron chi connectivity index (χ4n) is 11.0. The molecule has 0 unspecified atom stereocenters. The van der Waals surface area contributed by atoms with Crippen molar-refractivity contribution in [3.8, 4) is 0 Å². The van der Waals surface area contributed by atoms with E-state index in [1.165, 1.54) is 218 Å². The number of benzene rings is 6. The molecule has 0 nitrogen and oxygen atoms in total. The largest absolute Gasteiger partial charge is 0.0654 e. The van der Waals surface area contributed by atoms with Crippen LogP contribution in [-0.2, 0) is 25.7 Å². The van der Waals surface area contributed by atoms with Gasteiger partial charge in [0, 0.05) is 20.9 Å². The van der Waals surface area contributed by atoms with Crippen LogP contribution in [0.15, 0.2) is 144 Å². The minimum atomic E-state index is 0.971. The highest BCUT2D eigenvalue weighted by Crippen LogP contribution is 2.22. The van der Waals surface area contributed by atoms with Crippen molar-refractivity contribution >= 4 is 22.9 Å². The molecule has 6 aromatic rings. The Bertz CT molecular complexity index is 3170. The Hall–Kier alpha value is -6.44. The van der Waals surface area contributed by atoms with Crippen molar-refractivity contribution in [2.24, 2.45) is 0 Å². The summed E-state index contributed by atoms with van der Waals surface area (Å²) in [7, 11) is 0. The van der Waals surface area contributed by atoms with Crippen LogP contribution in [0.3, 0.4) is 0 Å². The Morgan fingerprint density at radius 1 is 0.224 bits per heavy atom. The van der Waals surface area contributed by atoms with Crippen molar-refractivity contribution < 1.29 is 0 Å². The van der Waals surface area contributed by atoms with Crippen molar-refractivity contribution in [3.05, 3.63) is 229 Å². The van der Waals surface area contributed by atoms with E-state index in [9.17, 15) is 0 Å². The quantitative estimate of drug-likeness (QED) is 0.0339. The first-order valence-electron chi connectivity index (χ1n) is 30.3. The molecule has 0 saturated heterocycles. The Labute approximate surface area is 457 Å². The Balaban J connectivity index is 1.42. The summed E-state index contributed by atoms with van der Waals surface area (Å²) in [5.41, 5.74) is 32.3. The van der Waals surface area contributed by atoms with Gasteiger partial charge in [0.05, 0.1) is 0 Å². The lowest BCUT2D eigenvalue weighted by molar-refractivity contribution is 0.599. The van der Waals surface area contributed by atoms with Crippen LogP contribution in [0.25, 0.3) is 22.9 Å². The topological polar surface area (TPSA) is 0 Å². The summed E-state index contributed by atoms with van der Waals surface area (Å²) in [6.45, 7) is 9.21. The lowest BCUT2D eigenvalue weighted by Crippen LogP contribution is -2.00. The lowest BCUT2D eigenvalue weighted by Gasteiger charge is -2.12. The van der Waals surface area contributed by atoms with Crippen LogP contribution >= 0.6 is 0 Å². The average Bonchev–Trinajstić information content (AvgIpc) is 3.46. The van der Waals surface area contributed by atoms with Crippen LogP contribution in [-0.4, -0.2) is 0 Å². The zero-order valence-electron chi connectivity index (χ0n) is 47.3. The summed E-state index contributed by atoms with van der Waals surface area (Å²) < 4.78 is 0. The Morgan fingerprint density at radius 2 is 0.408 bits per heavy atom. The molecule has 6 aromatic carbocycles. The van der Waals surface area contributed by atoms with Crippen molar-refractivity contribution in [3.63, 3.8) is 0 Å². The highest BCUT2D eigenvalue weighted by Gasteiger charge is 2.08. The molecule has 0 heteroatoms. The van der Waals surface area contributed by atoms with Gasteiger partial charge in [0.25, 0.3) is 0 Å². The van der Waals surface area contributed by atoms with Crippen LogP contribution in [0.5, 0.6) is 0 Å². The standard InChI is InChI=1S/C76H88/c1-5-9-13-17-21-25-37-69-57-73-65-49-41-61(42-50-65)33-29-30-35-63-45-53-67(54-46-63)75-59-71(39-27-23-19-15-11-7-3)72(40-28-24-20-16-12-8-4)60-76(75)68-55-47-64(48-56-68)36-32-31-34-62-43-51-66(52-44-62)74(73)58-70(69)38-26-22-18-14-10-6-2/h41-60H,5-28,37-40H2,1-4H3. The molecular weight excluding hydrogens is 913 g/mol. The van der Waals surface area contributed by atoms with Crippen molar-refractivity contribution in [1.29, 1.82) is 0 Å². The molecule has 8 bridgehead atoms. The maximum atomic E-state index is 3.36. The first-order chi connectivity index (χ1) is 37.6. The monoisotopic (exact) mass is 1000 g/mol. The van der Waals surface area contributed by atoms with Gasteiger partial charge in [0.2, 0.25) is 0 Å². The number of rotatable bonds is 28. The van der Waals surface area contributed by atoms with Crippen molar-refractivity contribution in [2.45, 2.75) is 207 Å². The van der Waals surface area contributed by atoms with E-state index in [0.717, 1.165) is 46.6 Å². The van der Waals surface area contributed by atoms with Gasteiger partial charge in [-0.1, -0.05) is 252 Å². The molecule has 0 amide bonds. The highest BCUT2D eigenvalue weighted by molar-refractivity contribution is 5.37. The van der Waals surface area contributed by atoms with Crippen molar-refractivity contribution in [1.82, 2.24) is 0 Å². The van der Waals surface area contributed by atoms with E-state index in [4.69, 9.17) is 0 Å². The number of hydrogen-bond donors (Lipinski definition) is 0. The number of unbranched alkanes of at least 4 members (excludes halogenated alkanes) is 20. The zero-order valence-corrected chi connectivity index (χ0v) is 47.3. The molecule has 7 aliphatic rings. The van der Waals surface area contributed by atoms with Gasteiger partial charge in [-0.25, -0.2) is 0 Å². The maximum absolute atomic E-state index is 3.36. The first kappa shape index (κ1) is 57.3. The summed E-state index contributed by atoms with van der Waals surface area (Å²) in [6, 6.07) is 45.5. The molecule has 0 saturated carbocycles. The van der Waals surface area contributed by atoms with Gasteiger partial charge in [-0.3, -0.25) is 0 Å². The van der Waals surface area contributed by atoms with E-state index in [2.05, 4.69) is 195 Å². The fraction of sp³-hybridized carbons (Fsp3) is 0.421. The van der Waals surface area contributed by atoms with Gasteiger partial charge in [-0.2, -0.15) is 0 Å². The second-order valence-electron chi connectivity index (χ2n) is 21.7. The first-order valence-corrected chi connectivity index (χ1v) is 30.3. The zero-order chi connectivity index (χ0) is 52.8. The van der Waals surface area contributed by atoms with Gasteiger partial charge in [-0.05, 0) is 187 Å². The van der Waals surface area contributed by atoms with E-state index in [0.29, 0.717) is 0 Å². The Kier molecular flexibility index (Phi) is 24.8. The molecule has 76 heavy (non-hydrogen) atoms. The second kappa shape index (κ2) is 32.9. The second-order valence-corrected chi connectivity index (χ2v) is 21.7. The highest BCUT2D eigenvalue weighted by atomic mass is 14.1. The van der Waals surface area contributed by atoms with Crippen LogP contribution in [0.1, 0.15) is 204 Å². The number of hydrogen-bond acceptors (Lipinski definition) is 0. The van der Waals surface area contributed by atoms with Crippen LogP contribution in [0.2, 0.25) is 0 Å². The molecule has 0 heterocycles. The fourth-order valence-corrected chi connectivity index (χ4v) is 11.0. The molecule has 7 aliphatic carbocycles. The molecule has 0 radical (unpaired) electrons. The van der Waals surface area contributed by atoms with Gasteiger partial charge >= 0.3 is 0 Å². The molecule has 0 atom stereocenters. The van der Waals surface area contributed by atoms with E-state index < -0.39 is 0 Å². The number of aryl methyl sites for hydroxylation is 4. The molecule has 0 N–H and O–H groups in total. The molecule has 0 aliphatic heterocycles. The third-order valence-corrected chi connectivity index (χ3v) is 15.6. The maximum Gasteiger partial charge on any atom is 0.0255 e. The van der Waals surface area contributed by atoms with E-state index in [1.807, 2.05) is 0 Å².